The molecule has 4 N–H and O–H groups in total. The van der Waals surface area contributed by atoms with Crippen LogP contribution in [0.2, 0.25) is 10.0 Å². The van der Waals surface area contributed by atoms with Crippen LogP contribution in [0.3, 0.4) is 0 Å². The van der Waals surface area contributed by atoms with Crippen LogP contribution in [-0.2, 0) is 6.54 Å². The zero-order valence-corrected chi connectivity index (χ0v) is 21.0. The summed E-state index contributed by atoms with van der Waals surface area (Å²) < 4.78 is 0. The predicted octanol–water partition coefficient (Wildman–Crippen LogP) is 6.51. The fraction of sp³-hybridized carbons (Fsp3) is 0.0385. The normalized spacial score (nSPS) is 10.6. The minimum Gasteiger partial charge on any atom is -0.380 e. The summed E-state index contributed by atoms with van der Waals surface area (Å²) in [7, 11) is 0. The van der Waals surface area contributed by atoms with Gasteiger partial charge in [-0.05, 0) is 60.2 Å². The number of carbonyl (C=O) groups excluding carboxylic acids is 1. The van der Waals surface area contributed by atoms with Crippen LogP contribution in [0.1, 0.15) is 15.9 Å². The molecule has 0 atom stereocenters. The van der Waals surface area contributed by atoms with Gasteiger partial charge in [0.1, 0.15) is 16.9 Å². The van der Waals surface area contributed by atoms with Crippen LogP contribution in [0, 0.1) is 0 Å². The molecule has 182 valence electrons. The SMILES string of the molecule is Cl.O=C(Nc1cccc2[nH]c(-c3c(NCc4cccc(Cl)c4)cc[nH]c3=O)nc12)c1ccc(Cl)cc1. The first-order valence-electron chi connectivity index (χ1n) is 10.7. The van der Waals surface area contributed by atoms with E-state index in [1.165, 1.54) is 0 Å². The molecule has 10 heteroatoms. The Morgan fingerprint density at radius 3 is 2.47 bits per heavy atom. The summed E-state index contributed by atoms with van der Waals surface area (Å²) in [5, 5.41) is 7.37. The molecule has 0 spiro atoms. The molecule has 5 rings (SSSR count). The lowest BCUT2D eigenvalue weighted by atomic mass is 10.2. The van der Waals surface area contributed by atoms with Crippen molar-refractivity contribution in [2.24, 2.45) is 0 Å². The standard InChI is InChI=1S/C26H19Cl2N5O2.ClH/c27-17-9-7-16(8-10-17)25(34)32-21-6-2-5-20-23(21)33-24(31-20)22-19(11-12-29-26(22)35)30-14-15-3-1-4-18(28)13-15;/h1-13H,14H2,(H,31,33)(H,32,34)(H2,29,30,35);1H. The van der Waals surface area contributed by atoms with Crippen molar-refractivity contribution in [2.45, 2.75) is 6.54 Å². The molecular formula is C26H20Cl3N5O2. The van der Waals surface area contributed by atoms with Crippen LogP contribution in [-0.4, -0.2) is 20.9 Å². The van der Waals surface area contributed by atoms with Crippen LogP contribution in [0.5, 0.6) is 0 Å². The van der Waals surface area contributed by atoms with Gasteiger partial charge in [-0.25, -0.2) is 4.98 Å². The molecule has 1 amide bonds. The van der Waals surface area contributed by atoms with Crippen molar-refractivity contribution >= 4 is 63.9 Å². The summed E-state index contributed by atoms with van der Waals surface area (Å²) in [6.45, 7) is 0.472. The van der Waals surface area contributed by atoms with Crippen molar-refractivity contribution in [3.05, 3.63) is 111 Å². The second kappa shape index (κ2) is 10.9. The maximum atomic E-state index is 12.8. The van der Waals surface area contributed by atoms with E-state index < -0.39 is 0 Å². The second-order valence-electron chi connectivity index (χ2n) is 7.83. The molecule has 0 saturated heterocycles. The van der Waals surface area contributed by atoms with Gasteiger partial charge in [0.25, 0.3) is 11.5 Å². The van der Waals surface area contributed by atoms with Gasteiger partial charge >= 0.3 is 0 Å². The summed E-state index contributed by atoms with van der Waals surface area (Å²) in [5.74, 6) is 0.0868. The quantitative estimate of drug-likeness (QED) is 0.197. The zero-order valence-electron chi connectivity index (χ0n) is 18.6. The monoisotopic (exact) mass is 539 g/mol. The number of amides is 1. The van der Waals surface area contributed by atoms with Gasteiger partial charge < -0.3 is 20.6 Å². The van der Waals surface area contributed by atoms with Crippen LogP contribution in [0.4, 0.5) is 11.4 Å². The number of carbonyl (C=O) groups is 1. The van der Waals surface area contributed by atoms with Crippen LogP contribution >= 0.6 is 35.6 Å². The maximum absolute atomic E-state index is 12.8. The summed E-state index contributed by atoms with van der Waals surface area (Å²) in [5.41, 5.74) is 3.85. The zero-order chi connectivity index (χ0) is 24.4. The summed E-state index contributed by atoms with van der Waals surface area (Å²) >= 11 is 12.0. The number of aromatic amines is 2. The molecule has 0 aliphatic heterocycles. The van der Waals surface area contributed by atoms with E-state index in [1.807, 2.05) is 24.3 Å². The Balaban J connectivity index is 0.00000304. The molecule has 0 aliphatic rings. The van der Waals surface area contributed by atoms with E-state index in [0.29, 0.717) is 55.9 Å². The lowest BCUT2D eigenvalue weighted by Gasteiger charge is -2.10. The minimum absolute atomic E-state index is 0. The first kappa shape index (κ1) is 25.3. The number of pyridine rings is 1. The molecular weight excluding hydrogens is 521 g/mol. The number of benzene rings is 3. The van der Waals surface area contributed by atoms with Crippen LogP contribution < -0.4 is 16.2 Å². The first-order valence-corrected chi connectivity index (χ1v) is 11.5. The number of H-pyrrole nitrogens is 2. The Bertz CT molecular complexity index is 1600. The number of anilines is 2. The molecule has 0 saturated carbocycles. The number of aromatic nitrogens is 3. The third kappa shape index (κ3) is 5.39. The molecule has 3 aromatic carbocycles. The lowest BCUT2D eigenvalue weighted by molar-refractivity contribution is 0.102. The highest BCUT2D eigenvalue weighted by molar-refractivity contribution is 6.31. The largest absolute Gasteiger partial charge is 0.380 e. The van der Waals surface area contributed by atoms with Gasteiger partial charge in [-0.3, -0.25) is 9.59 Å². The van der Waals surface area contributed by atoms with Gasteiger partial charge in [-0.2, -0.15) is 0 Å². The van der Waals surface area contributed by atoms with Gasteiger partial charge in [0.15, 0.2) is 0 Å². The minimum atomic E-state index is -0.299. The van der Waals surface area contributed by atoms with Crippen molar-refractivity contribution < 1.29 is 4.79 Å². The molecule has 2 aromatic heterocycles. The number of hydrogen-bond donors (Lipinski definition) is 4. The number of halogens is 3. The predicted molar refractivity (Wildman–Crippen MR) is 148 cm³/mol. The Kier molecular flexibility index (Phi) is 7.64. The van der Waals surface area contributed by atoms with Crippen molar-refractivity contribution in [1.82, 2.24) is 15.0 Å². The fourth-order valence-corrected chi connectivity index (χ4v) is 4.09. The number of fused-ring (bicyclic) bond motifs is 1. The maximum Gasteiger partial charge on any atom is 0.261 e. The topological polar surface area (TPSA) is 103 Å². The smallest absolute Gasteiger partial charge is 0.261 e. The molecule has 0 bridgehead atoms. The van der Waals surface area contributed by atoms with E-state index in [9.17, 15) is 9.59 Å². The molecule has 2 heterocycles. The van der Waals surface area contributed by atoms with Gasteiger partial charge in [-0.15, -0.1) is 12.4 Å². The van der Waals surface area contributed by atoms with E-state index in [1.54, 1.807) is 54.7 Å². The van der Waals surface area contributed by atoms with Crippen molar-refractivity contribution in [3.63, 3.8) is 0 Å². The highest BCUT2D eigenvalue weighted by atomic mass is 35.5. The third-order valence-electron chi connectivity index (χ3n) is 5.44. The average Bonchev–Trinajstić information content (AvgIpc) is 3.28. The number of hydrogen-bond acceptors (Lipinski definition) is 4. The molecule has 0 fully saturated rings. The molecule has 0 unspecified atom stereocenters. The Labute approximate surface area is 222 Å². The summed E-state index contributed by atoms with van der Waals surface area (Å²) in [6.07, 6.45) is 1.58. The van der Waals surface area contributed by atoms with Crippen LogP contribution in [0.25, 0.3) is 22.4 Å². The van der Waals surface area contributed by atoms with Gasteiger partial charge in [0.05, 0.1) is 16.9 Å². The molecule has 5 aromatic rings. The number of nitrogens with one attached hydrogen (secondary N) is 4. The second-order valence-corrected chi connectivity index (χ2v) is 8.70. The Morgan fingerprint density at radius 2 is 1.69 bits per heavy atom. The number of imidazole rings is 1. The van der Waals surface area contributed by atoms with E-state index in [0.717, 1.165) is 5.56 Å². The summed E-state index contributed by atoms with van der Waals surface area (Å²) in [6, 6.07) is 21.3. The highest BCUT2D eigenvalue weighted by Gasteiger charge is 2.17. The summed E-state index contributed by atoms with van der Waals surface area (Å²) in [4.78, 5) is 36.1. The van der Waals surface area contributed by atoms with Gasteiger partial charge in [0, 0.05) is 28.4 Å². The Hall–Kier alpha value is -3.78. The van der Waals surface area contributed by atoms with E-state index in [4.69, 9.17) is 23.2 Å². The first-order chi connectivity index (χ1) is 17.0. The van der Waals surface area contributed by atoms with Crippen molar-refractivity contribution in [3.8, 4) is 11.4 Å². The molecule has 0 aliphatic carbocycles. The molecule has 0 radical (unpaired) electrons. The van der Waals surface area contributed by atoms with E-state index in [-0.39, 0.29) is 23.9 Å². The van der Waals surface area contributed by atoms with E-state index in [2.05, 4.69) is 25.6 Å². The number of rotatable bonds is 6. The average molecular weight is 541 g/mol. The fourth-order valence-electron chi connectivity index (χ4n) is 3.75. The van der Waals surface area contributed by atoms with Crippen molar-refractivity contribution in [1.29, 1.82) is 0 Å². The lowest BCUT2D eigenvalue weighted by Crippen LogP contribution is -2.13. The third-order valence-corrected chi connectivity index (χ3v) is 5.92. The molecule has 36 heavy (non-hydrogen) atoms. The Morgan fingerprint density at radius 1 is 0.917 bits per heavy atom. The van der Waals surface area contributed by atoms with Gasteiger partial charge in [-0.1, -0.05) is 41.4 Å². The highest BCUT2D eigenvalue weighted by Crippen LogP contribution is 2.28. The van der Waals surface area contributed by atoms with E-state index >= 15 is 0 Å². The van der Waals surface area contributed by atoms with Gasteiger partial charge in [0.2, 0.25) is 0 Å². The van der Waals surface area contributed by atoms with Crippen molar-refractivity contribution in [2.75, 3.05) is 10.6 Å². The molecule has 7 nitrogen and oxygen atoms in total. The number of nitrogens with zero attached hydrogens (tertiary/aromatic N) is 1. The number of para-hydroxylation sites is 1. The van der Waals surface area contributed by atoms with Crippen LogP contribution in [0.15, 0.2) is 83.8 Å².